The van der Waals surface area contributed by atoms with Gasteiger partial charge in [-0.1, -0.05) is 13.8 Å². The van der Waals surface area contributed by atoms with Gasteiger partial charge in [-0.05, 0) is 38.1 Å². The van der Waals surface area contributed by atoms with E-state index in [1.54, 1.807) is 18.6 Å². The maximum absolute atomic E-state index is 6.07. The Kier molecular flexibility index (Phi) is 6.98. The van der Waals surface area contributed by atoms with Crippen LogP contribution in [0.5, 0.6) is 5.75 Å². The third-order valence-corrected chi connectivity index (χ3v) is 3.42. The van der Waals surface area contributed by atoms with Crippen molar-refractivity contribution in [2.45, 2.75) is 26.7 Å². The quantitative estimate of drug-likeness (QED) is 0.771. The van der Waals surface area contributed by atoms with Crippen molar-refractivity contribution < 1.29 is 4.74 Å². The molecule has 0 aliphatic heterocycles. The lowest BCUT2D eigenvalue weighted by Gasteiger charge is -2.17. The van der Waals surface area contributed by atoms with Gasteiger partial charge >= 0.3 is 0 Å². The second-order valence-corrected chi connectivity index (χ2v) is 4.74. The number of aromatic nitrogens is 4. The molecule has 130 valence electrons. The van der Waals surface area contributed by atoms with E-state index < -0.39 is 0 Å². The van der Waals surface area contributed by atoms with Gasteiger partial charge in [0.2, 0.25) is 0 Å². The van der Waals surface area contributed by atoms with Gasteiger partial charge in [0.25, 0.3) is 0 Å². The van der Waals surface area contributed by atoms with Crippen molar-refractivity contribution in [3.05, 3.63) is 60.3 Å². The zero-order chi connectivity index (χ0) is 18.1. The molecule has 0 aromatic carbocycles. The van der Waals surface area contributed by atoms with Gasteiger partial charge < -0.3 is 10.5 Å². The lowest BCUT2D eigenvalue weighted by atomic mass is 10.0. The van der Waals surface area contributed by atoms with E-state index in [1.165, 1.54) is 7.05 Å². The first-order valence-corrected chi connectivity index (χ1v) is 8.37. The van der Waals surface area contributed by atoms with Crippen molar-refractivity contribution in [3.8, 4) is 5.75 Å². The molecule has 1 aliphatic rings. The molecule has 6 heteroatoms. The van der Waals surface area contributed by atoms with Gasteiger partial charge in [-0.25, -0.2) is 15.0 Å². The summed E-state index contributed by atoms with van der Waals surface area (Å²) in [6.45, 7) is 4.00. The highest BCUT2D eigenvalue weighted by Crippen LogP contribution is 2.30. The second-order valence-electron chi connectivity index (χ2n) is 4.74. The Morgan fingerprint density at radius 1 is 0.920 bits per heavy atom. The minimum atomic E-state index is 0.581. The van der Waals surface area contributed by atoms with Gasteiger partial charge in [0, 0.05) is 36.4 Å². The number of nitrogens with zero attached hydrogens (tertiary/aromatic N) is 4. The summed E-state index contributed by atoms with van der Waals surface area (Å²) in [4.78, 5) is 17.1. The highest BCUT2D eigenvalue weighted by Gasteiger charge is 2.16. The summed E-state index contributed by atoms with van der Waals surface area (Å²) >= 11 is 0. The van der Waals surface area contributed by atoms with Crippen LogP contribution in [0.2, 0.25) is 0 Å². The molecule has 0 fully saturated rings. The smallest absolute Gasteiger partial charge is 0.182 e. The molecular weight excluding hydrogens is 314 g/mol. The van der Waals surface area contributed by atoms with Crippen LogP contribution in [-0.2, 0) is 6.42 Å². The summed E-state index contributed by atoms with van der Waals surface area (Å²) in [5.41, 5.74) is 7.85. The molecule has 0 spiro atoms. The molecule has 25 heavy (non-hydrogen) atoms. The molecule has 4 rings (SSSR count). The molecule has 0 saturated heterocycles. The Morgan fingerprint density at radius 3 is 2.52 bits per heavy atom. The number of pyridine rings is 2. The van der Waals surface area contributed by atoms with Crippen molar-refractivity contribution in [1.29, 1.82) is 0 Å². The third kappa shape index (κ3) is 4.16. The van der Waals surface area contributed by atoms with Gasteiger partial charge in [-0.2, -0.15) is 0 Å². The van der Waals surface area contributed by atoms with Gasteiger partial charge in [0.05, 0.1) is 5.69 Å². The number of hydrogen-bond acceptors (Lipinski definition) is 6. The van der Waals surface area contributed by atoms with Crippen molar-refractivity contribution >= 4 is 16.9 Å². The first-order chi connectivity index (χ1) is 12.4. The summed E-state index contributed by atoms with van der Waals surface area (Å²) in [6.07, 6.45) is 10.7. The zero-order valence-electron chi connectivity index (χ0n) is 14.8. The normalized spacial score (nSPS) is 11.9. The minimum Gasteiger partial charge on any atom is -0.455 e. The number of allylic oxidation sites excluding steroid dienone is 1. The molecule has 0 radical (unpaired) electrons. The molecule has 3 aromatic rings. The van der Waals surface area contributed by atoms with E-state index in [4.69, 9.17) is 4.74 Å². The molecular formula is C19H23N5O. The molecule has 0 atom stereocenters. The second kappa shape index (κ2) is 9.44. The number of rotatable bonds is 2. The SMILES string of the molecule is C1=C(Oc2ccnc3nccnc23)c2cccnc2CC1.CC.CN. The van der Waals surface area contributed by atoms with Crippen LogP contribution in [0.4, 0.5) is 0 Å². The molecule has 0 unspecified atom stereocenters. The van der Waals surface area contributed by atoms with Crippen LogP contribution < -0.4 is 10.5 Å². The summed E-state index contributed by atoms with van der Waals surface area (Å²) in [5, 5.41) is 0. The van der Waals surface area contributed by atoms with E-state index in [0.717, 1.165) is 29.9 Å². The average Bonchev–Trinajstić information content (AvgIpc) is 2.72. The summed E-state index contributed by atoms with van der Waals surface area (Å²) in [7, 11) is 1.50. The van der Waals surface area contributed by atoms with Crippen molar-refractivity contribution in [1.82, 2.24) is 19.9 Å². The molecule has 0 bridgehead atoms. The van der Waals surface area contributed by atoms with E-state index in [2.05, 4.69) is 31.7 Å². The Labute approximate surface area is 147 Å². The van der Waals surface area contributed by atoms with Crippen LogP contribution in [0.3, 0.4) is 0 Å². The predicted molar refractivity (Wildman–Crippen MR) is 100.0 cm³/mol. The maximum atomic E-state index is 6.07. The highest BCUT2D eigenvalue weighted by molar-refractivity contribution is 5.78. The highest BCUT2D eigenvalue weighted by atomic mass is 16.5. The summed E-state index contributed by atoms with van der Waals surface area (Å²) < 4.78 is 6.07. The zero-order valence-corrected chi connectivity index (χ0v) is 14.8. The van der Waals surface area contributed by atoms with Gasteiger partial charge in [-0.3, -0.25) is 4.98 Å². The summed E-state index contributed by atoms with van der Waals surface area (Å²) in [5.74, 6) is 1.48. The number of nitrogens with two attached hydrogens (primary N) is 1. The molecule has 3 heterocycles. The van der Waals surface area contributed by atoms with Crippen LogP contribution in [-0.4, -0.2) is 27.0 Å². The third-order valence-electron chi connectivity index (χ3n) is 3.42. The van der Waals surface area contributed by atoms with Crippen molar-refractivity contribution in [3.63, 3.8) is 0 Å². The van der Waals surface area contributed by atoms with E-state index >= 15 is 0 Å². The maximum Gasteiger partial charge on any atom is 0.182 e. The molecule has 2 N–H and O–H groups in total. The number of hydrogen-bond donors (Lipinski definition) is 1. The fourth-order valence-corrected chi connectivity index (χ4v) is 2.46. The largest absolute Gasteiger partial charge is 0.455 e. The number of ether oxygens (including phenoxy) is 1. The Morgan fingerprint density at radius 2 is 1.68 bits per heavy atom. The van der Waals surface area contributed by atoms with E-state index in [-0.39, 0.29) is 0 Å². The van der Waals surface area contributed by atoms with Crippen LogP contribution in [0.25, 0.3) is 16.9 Å². The lowest BCUT2D eigenvalue weighted by Crippen LogP contribution is -2.06. The molecule has 1 aliphatic carbocycles. The van der Waals surface area contributed by atoms with Crippen LogP contribution in [0, 0.1) is 0 Å². The number of fused-ring (bicyclic) bond motifs is 2. The lowest BCUT2D eigenvalue weighted by molar-refractivity contribution is 0.512. The standard InChI is InChI=1S/C16H12N4O.C2H6.CH5N/c1-4-12-11(3-2-7-17-12)13(5-1)21-14-6-8-19-16-15(14)18-9-10-20-16;2*1-2/h2-3,5-10H,1,4H2;1-2H3;2H2,1H3. The first kappa shape index (κ1) is 18.5. The number of aryl methyl sites for hydroxylation is 1. The van der Waals surface area contributed by atoms with Crippen LogP contribution in [0.15, 0.2) is 49.1 Å². The van der Waals surface area contributed by atoms with Gasteiger partial charge in [0.15, 0.2) is 16.9 Å². The Hall–Kier alpha value is -2.86. The minimum absolute atomic E-state index is 0.581. The summed E-state index contributed by atoms with van der Waals surface area (Å²) in [6, 6.07) is 5.76. The average molecular weight is 337 g/mol. The van der Waals surface area contributed by atoms with Crippen LogP contribution >= 0.6 is 0 Å². The van der Waals surface area contributed by atoms with E-state index in [1.807, 2.05) is 38.2 Å². The van der Waals surface area contributed by atoms with Crippen LogP contribution in [0.1, 0.15) is 31.5 Å². The van der Waals surface area contributed by atoms with Crippen molar-refractivity contribution in [2.75, 3.05) is 7.05 Å². The Balaban J connectivity index is 0.000000528. The first-order valence-electron chi connectivity index (χ1n) is 8.37. The fraction of sp³-hybridized carbons (Fsp3) is 0.263. The monoisotopic (exact) mass is 337 g/mol. The van der Waals surface area contributed by atoms with Gasteiger partial charge in [0.1, 0.15) is 5.76 Å². The molecule has 6 nitrogen and oxygen atoms in total. The molecule has 0 saturated carbocycles. The molecule has 0 amide bonds. The van der Waals surface area contributed by atoms with Crippen molar-refractivity contribution in [2.24, 2.45) is 5.73 Å². The van der Waals surface area contributed by atoms with Gasteiger partial charge in [-0.15, -0.1) is 0 Å². The predicted octanol–water partition coefficient (Wildman–Crippen LogP) is 3.39. The van der Waals surface area contributed by atoms with E-state index in [0.29, 0.717) is 16.9 Å². The fourth-order valence-electron chi connectivity index (χ4n) is 2.46. The topological polar surface area (TPSA) is 86.8 Å². The molecule has 3 aromatic heterocycles. The van der Waals surface area contributed by atoms with E-state index in [9.17, 15) is 0 Å². The Bertz CT molecular complexity index is 843.